The van der Waals surface area contributed by atoms with Crippen molar-refractivity contribution in [2.45, 2.75) is 25.7 Å². The Morgan fingerprint density at radius 2 is 2.20 bits per heavy atom. The van der Waals surface area contributed by atoms with Crippen LogP contribution in [0.15, 0.2) is 0 Å². The summed E-state index contributed by atoms with van der Waals surface area (Å²) in [6.07, 6.45) is 4.88. The van der Waals surface area contributed by atoms with E-state index in [2.05, 4.69) is 5.32 Å². The van der Waals surface area contributed by atoms with Gasteiger partial charge in [0.05, 0.1) is 0 Å². The van der Waals surface area contributed by atoms with Crippen LogP contribution in [0.4, 0.5) is 0 Å². The normalized spacial score (nSPS) is 31.9. The van der Waals surface area contributed by atoms with Gasteiger partial charge in [0.1, 0.15) is 5.88 Å². The molecule has 2 aliphatic rings. The molecule has 1 spiro atoms. The van der Waals surface area contributed by atoms with Crippen LogP contribution in [-0.2, 0) is 4.79 Å². The number of likely N-dealkylation sites (tertiary alicyclic amines) is 1. The molecule has 0 aromatic heterocycles. The Morgan fingerprint density at radius 3 is 2.87 bits per heavy atom. The van der Waals surface area contributed by atoms with Gasteiger partial charge in [-0.25, -0.2) is 0 Å². The SMILES string of the molecule is O=C(CCl)N1CCCC2(CCCNC2)C1. The second-order valence-electron chi connectivity index (χ2n) is 4.83. The van der Waals surface area contributed by atoms with Crippen molar-refractivity contribution < 1.29 is 4.79 Å². The first-order chi connectivity index (χ1) is 7.26. The molecule has 2 saturated heterocycles. The van der Waals surface area contributed by atoms with Gasteiger partial charge in [0.2, 0.25) is 5.91 Å². The number of alkyl halides is 1. The Morgan fingerprint density at radius 1 is 1.40 bits per heavy atom. The highest BCUT2D eigenvalue weighted by Gasteiger charge is 2.37. The van der Waals surface area contributed by atoms with Gasteiger partial charge in [0.15, 0.2) is 0 Å². The molecule has 2 heterocycles. The molecule has 2 fully saturated rings. The lowest BCUT2D eigenvalue weighted by atomic mass is 9.74. The zero-order chi connectivity index (χ0) is 10.7. The van der Waals surface area contributed by atoms with Crippen molar-refractivity contribution in [3.05, 3.63) is 0 Å². The summed E-state index contributed by atoms with van der Waals surface area (Å²) in [7, 11) is 0. The summed E-state index contributed by atoms with van der Waals surface area (Å²) in [4.78, 5) is 13.5. The lowest BCUT2D eigenvalue weighted by molar-refractivity contribution is -0.132. The highest BCUT2D eigenvalue weighted by molar-refractivity contribution is 6.27. The van der Waals surface area contributed by atoms with Gasteiger partial charge in [-0.05, 0) is 32.2 Å². The second-order valence-corrected chi connectivity index (χ2v) is 5.10. The fraction of sp³-hybridized carbons (Fsp3) is 0.909. The second kappa shape index (κ2) is 4.71. The van der Waals surface area contributed by atoms with E-state index >= 15 is 0 Å². The monoisotopic (exact) mass is 230 g/mol. The third-order valence-corrected chi connectivity index (χ3v) is 3.92. The summed E-state index contributed by atoms with van der Waals surface area (Å²) in [5.41, 5.74) is 0.345. The van der Waals surface area contributed by atoms with Gasteiger partial charge in [-0.3, -0.25) is 4.79 Å². The number of halogens is 1. The van der Waals surface area contributed by atoms with E-state index in [1.54, 1.807) is 0 Å². The molecule has 1 amide bonds. The van der Waals surface area contributed by atoms with E-state index in [9.17, 15) is 4.79 Å². The number of carbonyl (C=O) groups is 1. The molecule has 3 nitrogen and oxygen atoms in total. The number of hydrogen-bond donors (Lipinski definition) is 1. The van der Waals surface area contributed by atoms with Crippen LogP contribution in [0.2, 0.25) is 0 Å². The first kappa shape index (κ1) is 11.2. The minimum absolute atomic E-state index is 0.0984. The van der Waals surface area contributed by atoms with E-state index in [4.69, 9.17) is 11.6 Å². The predicted octanol–water partition coefficient (Wildman–Crippen LogP) is 1.22. The highest BCUT2D eigenvalue weighted by Crippen LogP contribution is 2.35. The van der Waals surface area contributed by atoms with E-state index in [-0.39, 0.29) is 11.8 Å². The average molecular weight is 231 g/mol. The highest BCUT2D eigenvalue weighted by atomic mass is 35.5. The van der Waals surface area contributed by atoms with Crippen molar-refractivity contribution >= 4 is 17.5 Å². The van der Waals surface area contributed by atoms with Crippen molar-refractivity contribution in [1.29, 1.82) is 0 Å². The lowest BCUT2D eigenvalue weighted by Crippen LogP contribution is -2.52. The maximum atomic E-state index is 11.6. The zero-order valence-electron chi connectivity index (χ0n) is 9.10. The summed E-state index contributed by atoms with van der Waals surface area (Å²) in [5, 5.41) is 3.45. The molecule has 2 rings (SSSR count). The zero-order valence-corrected chi connectivity index (χ0v) is 9.85. The number of nitrogens with one attached hydrogen (secondary N) is 1. The number of piperidine rings is 2. The molecule has 0 aliphatic carbocycles. The average Bonchev–Trinajstić information content (AvgIpc) is 2.29. The van der Waals surface area contributed by atoms with Crippen LogP contribution in [0.25, 0.3) is 0 Å². The molecule has 0 bridgehead atoms. The Hall–Kier alpha value is -0.280. The lowest BCUT2D eigenvalue weighted by Gasteiger charge is -2.45. The Balaban J connectivity index is 1.99. The molecule has 0 saturated carbocycles. The Kier molecular flexibility index (Phi) is 3.52. The minimum Gasteiger partial charge on any atom is -0.341 e. The third kappa shape index (κ3) is 2.45. The fourth-order valence-electron chi connectivity index (χ4n) is 2.88. The number of nitrogens with zero attached hydrogens (tertiary/aromatic N) is 1. The summed E-state index contributed by atoms with van der Waals surface area (Å²) in [5.74, 6) is 0.227. The number of hydrogen-bond acceptors (Lipinski definition) is 2. The maximum absolute atomic E-state index is 11.6. The van der Waals surface area contributed by atoms with Crippen LogP contribution >= 0.6 is 11.6 Å². The summed E-state index contributed by atoms with van der Waals surface area (Å²) in [6, 6.07) is 0. The molecule has 1 unspecified atom stereocenters. The number of amides is 1. The van der Waals surface area contributed by atoms with Crippen molar-refractivity contribution in [3.8, 4) is 0 Å². The Bertz CT molecular complexity index is 233. The number of carbonyl (C=O) groups excluding carboxylic acids is 1. The van der Waals surface area contributed by atoms with E-state index < -0.39 is 0 Å². The van der Waals surface area contributed by atoms with Crippen molar-refractivity contribution in [2.24, 2.45) is 5.41 Å². The van der Waals surface area contributed by atoms with Gasteiger partial charge >= 0.3 is 0 Å². The minimum atomic E-state index is 0.0984. The molecule has 86 valence electrons. The van der Waals surface area contributed by atoms with Crippen LogP contribution in [0.3, 0.4) is 0 Å². The van der Waals surface area contributed by atoms with E-state index in [1.165, 1.54) is 19.3 Å². The van der Waals surface area contributed by atoms with Crippen molar-refractivity contribution in [2.75, 3.05) is 32.1 Å². The third-order valence-electron chi connectivity index (χ3n) is 3.69. The van der Waals surface area contributed by atoms with E-state index in [1.807, 2.05) is 4.90 Å². The first-order valence-electron chi connectivity index (χ1n) is 5.80. The fourth-order valence-corrected chi connectivity index (χ4v) is 3.05. The maximum Gasteiger partial charge on any atom is 0.237 e. The van der Waals surface area contributed by atoms with Gasteiger partial charge < -0.3 is 10.2 Å². The summed E-state index contributed by atoms with van der Waals surface area (Å²) in [6.45, 7) is 4.00. The molecule has 4 heteroatoms. The molecular weight excluding hydrogens is 212 g/mol. The molecule has 1 N–H and O–H groups in total. The quantitative estimate of drug-likeness (QED) is 0.687. The smallest absolute Gasteiger partial charge is 0.237 e. The van der Waals surface area contributed by atoms with Crippen LogP contribution < -0.4 is 5.32 Å². The van der Waals surface area contributed by atoms with Gasteiger partial charge in [-0.15, -0.1) is 11.6 Å². The van der Waals surface area contributed by atoms with Crippen molar-refractivity contribution in [3.63, 3.8) is 0 Å². The standard InChI is InChI=1S/C11H19ClN2O/c12-7-10(15)14-6-2-4-11(9-14)3-1-5-13-8-11/h13H,1-9H2. The summed E-state index contributed by atoms with van der Waals surface area (Å²) >= 11 is 5.61. The van der Waals surface area contributed by atoms with Gasteiger partial charge in [-0.2, -0.15) is 0 Å². The van der Waals surface area contributed by atoms with Crippen LogP contribution in [-0.4, -0.2) is 42.9 Å². The molecule has 2 aliphatic heterocycles. The molecule has 15 heavy (non-hydrogen) atoms. The molecule has 0 aromatic carbocycles. The van der Waals surface area contributed by atoms with Crippen molar-refractivity contribution in [1.82, 2.24) is 10.2 Å². The Labute approximate surface area is 96.2 Å². The summed E-state index contributed by atoms with van der Waals surface area (Å²) < 4.78 is 0. The molecule has 0 aromatic rings. The molecule has 0 radical (unpaired) electrons. The topological polar surface area (TPSA) is 32.3 Å². The van der Waals surface area contributed by atoms with Crippen LogP contribution in [0.5, 0.6) is 0 Å². The first-order valence-corrected chi connectivity index (χ1v) is 6.34. The van der Waals surface area contributed by atoms with Gasteiger partial charge in [0, 0.05) is 25.0 Å². The predicted molar refractivity (Wildman–Crippen MR) is 61.1 cm³/mol. The van der Waals surface area contributed by atoms with Gasteiger partial charge in [0.25, 0.3) is 0 Å². The molecule has 1 atom stereocenters. The number of rotatable bonds is 1. The van der Waals surface area contributed by atoms with Crippen LogP contribution in [0, 0.1) is 5.41 Å². The van der Waals surface area contributed by atoms with E-state index in [0.29, 0.717) is 5.41 Å². The molecular formula is C11H19ClN2O. The largest absolute Gasteiger partial charge is 0.341 e. The van der Waals surface area contributed by atoms with Gasteiger partial charge in [-0.1, -0.05) is 0 Å². The van der Waals surface area contributed by atoms with Crippen LogP contribution in [0.1, 0.15) is 25.7 Å². The van der Waals surface area contributed by atoms with E-state index in [0.717, 1.165) is 32.6 Å².